The summed E-state index contributed by atoms with van der Waals surface area (Å²) in [5, 5.41) is 10.4. The summed E-state index contributed by atoms with van der Waals surface area (Å²) in [6.45, 7) is 8.47. The summed E-state index contributed by atoms with van der Waals surface area (Å²) in [6.07, 6.45) is 1.12. The minimum absolute atomic E-state index is 0.322. The normalized spacial score (nSPS) is 12.4. The van der Waals surface area contributed by atoms with Crippen LogP contribution in [0.25, 0.3) is 0 Å². The molecule has 0 saturated carbocycles. The monoisotopic (exact) mass is 268 g/mol. The Hall–Kier alpha value is -1.60. The summed E-state index contributed by atoms with van der Waals surface area (Å²) in [6, 6.07) is 12.7. The van der Waals surface area contributed by atoms with E-state index >= 15 is 0 Å². The lowest BCUT2D eigenvalue weighted by Gasteiger charge is -2.15. The fraction of sp³-hybridized carbons (Fsp3) is 0.368. The van der Waals surface area contributed by atoms with Crippen molar-refractivity contribution in [3.8, 4) is 0 Å². The van der Waals surface area contributed by atoms with E-state index in [1.165, 1.54) is 33.4 Å². The highest BCUT2D eigenvalue weighted by Gasteiger charge is 2.11. The van der Waals surface area contributed by atoms with Crippen molar-refractivity contribution in [1.29, 1.82) is 0 Å². The fourth-order valence-corrected chi connectivity index (χ4v) is 2.68. The topological polar surface area (TPSA) is 20.2 Å². The number of aryl methyl sites for hydroxylation is 4. The van der Waals surface area contributed by atoms with Gasteiger partial charge in [0.05, 0.1) is 6.10 Å². The molecule has 1 atom stereocenters. The van der Waals surface area contributed by atoms with Crippen molar-refractivity contribution in [2.45, 2.75) is 46.6 Å². The summed E-state index contributed by atoms with van der Waals surface area (Å²) < 4.78 is 0. The predicted octanol–water partition coefficient (Wildman–Crippen LogP) is 4.07. The van der Waals surface area contributed by atoms with Crippen LogP contribution in [0.3, 0.4) is 0 Å². The molecule has 0 aliphatic heterocycles. The Bertz CT molecular complexity index is 578. The molecule has 1 nitrogen and oxygen atoms in total. The Kier molecular flexibility index (Phi) is 4.61. The second kappa shape index (κ2) is 6.23. The van der Waals surface area contributed by atoms with Gasteiger partial charge in [-0.1, -0.05) is 36.4 Å². The number of hydrogen-bond donors (Lipinski definition) is 1. The summed E-state index contributed by atoms with van der Waals surface area (Å²) in [5.74, 6) is 0. The molecule has 2 rings (SSSR count). The third kappa shape index (κ3) is 3.49. The molecule has 0 radical (unpaired) electrons. The standard InChI is InChI=1S/C19H24O/c1-13-8-9-17(10-16(13)4)11-18(20)12-19-14(2)6-5-7-15(19)3/h5-10,18,20H,11-12H2,1-4H3. The third-order valence-corrected chi connectivity index (χ3v) is 4.13. The van der Waals surface area contributed by atoms with Crippen molar-refractivity contribution in [3.05, 3.63) is 69.8 Å². The Morgan fingerprint density at radius 1 is 0.800 bits per heavy atom. The average molecular weight is 268 g/mol. The van der Waals surface area contributed by atoms with E-state index in [4.69, 9.17) is 0 Å². The molecule has 0 bridgehead atoms. The number of benzene rings is 2. The second-order valence-corrected chi connectivity index (χ2v) is 5.85. The first-order valence-electron chi connectivity index (χ1n) is 7.26. The SMILES string of the molecule is Cc1ccc(CC(O)Cc2c(C)cccc2C)cc1C. The van der Waals surface area contributed by atoms with Crippen molar-refractivity contribution < 1.29 is 5.11 Å². The van der Waals surface area contributed by atoms with E-state index in [9.17, 15) is 5.11 Å². The number of rotatable bonds is 4. The van der Waals surface area contributed by atoms with Crippen LogP contribution >= 0.6 is 0 Å². The van der Waals surface area contributed by atoms with Gasteiger partial charge in [-0.05, 0) is 73.9 Å². The van der Waals surface area contributed by atoms with E-state index in [2.05, 4.69) is 64.1 Å². The minimum Gasteiger partial charge on any atom is -0.392 e. The highest BCUT2D eigenvalue weighted by molar-refractivity contribution is 5.35. The quantitative estimate of drug-likeness (QED) is 0.886. The Labute approximate surface area is 122 Å². The van der Waals surface area contributed by atoms with E-state index in [1.807, 2.05) is 0 Å². The van der Waals surface area contributed by atoms with Crippen molar-refractivity contribution in [2.24, 2.45) is 0 Å². The van der Waals surface area contributed by atoms with Gasteiger partial charge in [-0.15, -0.1) is 0 Å². The van der Waals surface area contributed by atoms with Crippen LogP contribution in [0.5, 0.6) is 0 Å². The molecular formula is C19H24O. The Morgan fingerprint density at radius 2 is 1.45 bits per heavy atom. The van der Waals surface area contributed by atoms with Crippen LogP contribution in [-0.4, -0.2) is 11.2 Å². The van der Waals surface area contributed by atoms with Gasteiger partial charge in [0.25, 0.3) is 0 Å². The molecule has 0 aromatic heterocycles. The maximum absolute atomic E-state index is 10.4. The maximum atomic E-state index is 10.4. The van der Waals surface area contributed by atoms with Crippen LogP contribution in [0.1, 0.15) is 33.4 Å². The fourth-order valence-electron chi connectivity index (χ4n) is 2.68. The molecule has 0 amide bonds. The Morgan fingerprint density at radius 3 is 2.05 bits per heavy atom. The molecule has 0 fully saturated rings. The van der Waals surface area contributed by atoms with Crippen molar-refractivity contribution in [1.82, 2.24) is 0 Å². The van der Waals surface area contributed by atoms with Crippen LogP contribution in [0.4, 0.5) is 0 Å². The zero-order valence-electron chi connectivity index (χ0n) is 12.9. The molecule has 0 aliphatic carbocycles. The van der Waals surface area contributed by atoms with Gasteiger partial charge in [0, 0.05) is 0 Å². The minimum atomic E-state index is -0.322. The molecule has 20 heavy (non-hydrogen) atoms. The van der Waals surface area contributed by atoms with Gasteiger partial charge in [0.1, 0.15) is 0 Å². The molecule has 106 valence electrons. The number of aliphatic hydroxyl groups excluding tert-OH is 1. The molecule has 0 aliphatic rings. The molecular weight excluding hydrogens is 244 g/mol. The second-order valence-electron chi connectivity index (χ2n) is 5.85. The van der Waals surface area contributed by atoms with Crippen LogP contribution in [0, 0.1) is 27.7 Å². The maximum Gasteiger partial charge on any atom is 0.0621 e. The van der Waals surface area contributed by atoms with Crippen molar-refractivity contribution >= 4 is 0 Å². The molecule has 2 aromatic carbocycles. The summed E-state index contributed by atoms with van der Waals surface area (Å²) in [7, 11) is 0. The highest BCUT2D eigenvalue weighted by atomic mass is 16.3. The van der Waals surface area contributed by atoms with Gasteiger partial charge in [-0.25, -0.2) is 0 Å². The zero-order valence-corrected chi connectivity index (χ0v) is 12.9. The zero-order chi connectivity index (χ0) is 14.7. The molecule has 0 heterocycles. The van der Waals surface area contributed by atoms with Crippen molar-refractivity contribution in [2.75, 3.05) is 0 Å². The Balaban J connectivity index is 2.09. The van der Waals surface area contributed by atoms with Crippen LogP contribution in [0.2, 0.25) is 0 Å². The lowest BCUT2D eigenvalue weighted by atomic mass is 9.94. The van der Waals surface area contributed by atoms with Crippen LogP contribution < -0.4 is 0 Å². The molecule has 1 N–H and O–H groups in total. The highest BCUT2D eigenvalue weighted by Crippen LogP contribution is 2.18. The van der Waals surface area contributed by atoms with Crippen molar-refractivity contribution in [3.63, 3.8) is 0 Å². The van der Waals surface area contributed by atoms with Gasteiger partial charge in [-0.3, -0.25) is 0 Å². The predicted molar refractivity (Wildman–Crippen MR) is 85.2 cm³/mol. The van der Waals surface area contributed by atoms with Gasteiger partial charge >= 0.3 is 0 Å². The van der Waals surface area contributed by atoms with Gasteiger partial charge in [0.15, 0.2) is 0 Å². The molecule has 0 spiro atoms. The van der Waals surface area contributed by atoms with E-state index in [0.717, 1.165) is 12.8 Å². The van der Waals surface area contributed by atoms with Gasteiger partial charge in [-0.2, -0.15) is 0 Å². The van der Waals surface area contributed by atoms with Gasteiger partial charge < -0.3 is 5.11 Å². The lowest BCUT2D eigenvalue weighted by molar-refractivity contribution is 0.175. The lowest BCUT2D eigenvalue weighted by Crippen LogP contribution is -2.15. The van der Waals surface area contributed by atoms with E-state index in [0.29, 0.717) is 0 Å². The van der Waals surface area contributed by atoms with E-state index in [-0.39, 0.29) is 6.10 Å². The summed E-state index contributed by atoms with van der Waals surface area (Å²) in [5.41, 5.74) is 7.63. The average Bonchev–Trinajstić information content (AvgIpc) is 2.38. The summed E-state index contributed by atoms with van der Waals surface area (Å²) >= 11 is 0. The first-order chi connectivity index (χ1) is 9.47. The number of hydrogen-bond acceptors (Lipinski definition) is 1. The molecule has 1 unspecified atom stereocenters. The van der Waals surface area contributed by atoms with Crippen LogP contribution in [-0.2, 0) is 12.8 Å². The van der Waals surface area contributed by atoms with E-state index in [1.54, 1.807) is 0 Å². The first kappa shape index (κ1) is 14.8. The smallest absolute Gasteiger partial charge is 0.0621 e. The molecule has 2 aromatic rings. The van der Waals surface area contributed by atoms with Gasteiger partial charge in [0.2, 0.25) is 0 Å². The first-order valence-corrected chi connectivity index (χ1v) is 7.26. The third-order valence-electron chi connectivity index (χ3n) is 4.13. The number of aliphatic hydroxyl groups is 1. The van der Waals surface area contributed by atoms with E-state index < -0.39 is 0 Å². The summed E-state index contributed by atoms with van der Waals surface area (Å²) in [4.78, 5) is 0. The molecule has 0 saturated heterocycles. The van der Waals surface area contributed by atoms with Crippen LogP contribution in [0.15, 0.2) is 36.4 Å². The largest absolute Gasteiger partial charge is 0.392 e. The molecule has 1 heteroatoms.